The van der Waals surface area contributed by atoms with Crippen molar-refractivity contribution < 1.29 is 9.18 Å². The first kappa shape index (κ1) is 15.0. The van der Waals surface area contributed by atoms with Gasteiger partial charge in [0.1, 0.15) is 5.82 Å². The van der Waals surface area contributed by atoms with Crippen LogP contribution in [0.3, 0.4) is 0 Å². The summed E-state index contributed by atoms with van der Waals surface area (Å²) in [5.41, 5.74) is 2.41. The first-order valence-electron chi connectivity index (χ1n) is 6.81. The van der Waals surface area contributed by atoms with Crippen LogP contribution in [-0.2, 0) is 0 Å². The Hall–Kier alpha value is -2.36. The maximum Gasteiger partial charge on any atom is 0.253 e. The van der Waals surface area contributed by atoms with Gasteiger partial charge >= 0.3 is 0 Å². The van der Waals surface area contributed by atoms with Gasteiger partial charge in [-0.3, -0.25) is 4.79 Å². The van der Waals surface area contributed by atoms with Gasteiger partial charge in [-0.1, -0.05) is 12.1 Å². The lowest BCUT2D eigenvalue weighted by molar-refractivity contribution is 0.0827. The van der Waals surface area contributed by atoms with Gasteiger partial charge in [0.2, 0.25) is 0 Å². The Bertz CT molecular complexity index is 623. The molecule has 1 N–H and O–H groups in total. The fourth-order valence-corrected chi connectivity index (χ4v) is 2.08. The third kappa shape index (κ3) is 3.81. The highest BCUT2D eigenvalue weighted by Gasteiger charge is 2.09. The molecular formula is C17H19FN2O. The van der Waals surface area contributed by atoms with Crippen LogP contribution in [0.2, 0.25) is 0 Å². The molecule has 2 aromatic rings. The van der Waals surface area contributed by atoms with Crippen LogP contribution in [0.15, 0.2) is 48.5 Å². The van der Waals surface area contributed by atoms with Crippen LogP contribution in [0.4, 0.5) is 10.1 Å². The molecule has 0 saturated carbocycles. The normalized spacial score (nSPS) is 11.8. The quantitative estimate of drug-likeness (QED) is 0.929. The molecule has 3 nitrogen and oxygen atoms in total. The van der Waals surface area contributed by atoms with E-state index in [0.29, 0.717) is 5.56 Å². The number of nitrogens with zero attached hydrogens (tertiary/aromatic N) is 1. The molecule has 0 radical (unpaired) electrons. The molecule has 4 heteroatoms. The second kappa shape index (κ2) is 6.39. The van der Waals surface area contributed by atoms with E-state index in [-0.39, 0.29) is 17.8 Å². The third-order valence-electron chi connectivity index (χ3n) is 3.27. The highest BCUT2D eigenvalue weighted by molar-refractivity contribution is 5.94. The largest absolute Gasteiger partial charge is 0.379 e. The number of nitrogens with one attached hydrogen (secondary N) is 1. The predicted octanol–water partition coefficient (Wildman–Crippen LogP) is 3.70. The average molecular weight is 286 g/mol. The average Bonchev–Trinajstić information content (AvgIpc) is 2.47. The van der Waals surface area contributed by atoms with E-state index in [4.69, 9.17) is 0 Å². The highest BCUT2D eigenvalue weighted by Crippen LogP contribution is 2.20. The van der Waals surface area contributed by atoms with Crippen molar-refractivity contribution >= 4 is 11.6 Å². The van der Waals surface area contributed by atoms with Crippen LogP contribution in [0.25, 0.3) is 0 Å². The van der Waals surface area contributed by atoms with E-state index >= 15 is 0 Å². The lowest BCUT2D eigenvalue weighted by Crippen LogP contribution is -2.21. The Kier molecular flexibility index (Phi) is 4.58. The monoisotopic (exact) mass is 286 g/mol. The van der Waals surface area contributed by atoms with Crippen molar-refractivity contribution in [2.24, 2.45) is 0 Å². The van der Waals surface area contributed by atoms with Gasteiger partial charge in [-0.05, 0) is 48.9 Å². The summed E-state index contributed by atoms with van der Waals surface area (Å²) in [6, 6.07) is 13.8. The van der Waals surface area contributed by atoms with Gasteiger partial charge in [-0.25, -0.2) is 4.39 Å². The first-order valence-corrected chi connectivity index (χ1v) is 6.81. The zero-order valence-electron chi connectivity index (χ0n) is 12.4. The zero-order valence-corrected chi connectivity index (χ0v) is 12.4. The van der Waals surface area contributed by atoms with Crippen LogP contribution >= 0.6 is 0 Å². The number of benzene rings is 2. The summed E-state index contributed by atoms with van der Waals surface area (Å²) in [5, 5.41) is 3.29. The Morgan fingerprint density at radius 3 is 2.38 bits per heavy atom. The summed E-state index contributed by atoms with van der Waals surface area (Å²) in [5.74, 6) is -0.271. The summed E-state index contributed by atoms with van der Waals surface area (Å²) in [7, 11) is 3.45. The van der Waals surface area contributed by atoms with E-state index in [0.717, 1.165) is 11.3 Å². The standard InChI is InChI=1S/C17H19FN2O/c1-12(14-5-4-6-15(18)11-14)19-16-9-7-13(8-10-16)17(21)20(2)3/h4-12,19H,1-3H3. The number of amides is 1. The van der Waals surface area contributed by atoms with Crippen LogP contribution in [0.5, 0.6) is 0 Å². The molecule has 0 bridgehead atoms. The molecule has 1 amide bonds. The van der Waals surface area contributed by atoms with E-state index < -0.39 is 0 Å². The van der Waals surface area contributed by atoms with Gasteiger partial charge in [0.25, 0.3) is 5.91 Å². The molecule has 2 rings (SSSR count). The van der Waals surface area contributed by atoms with Crippen molar-refractivity contribution in [1.29, 1.82) is 0 Å². The van der Waals surface area contributed by atoms with Crippen LogP contribution < -0.4 is 5.32 Å². The van der Waals surface area contributed by atoms with E-state index in [1.54, 1.807) is 32.3 Å². The minimum atomic E-state index is -0.243. The third-order valence-corrected chi connectivity index (χ3v) is 3.27. The smallest absolute Gasteiger partial charge is 0.253 e. The Morgan fingerprint density at radius 1 is 1.14 bits per heavy atom. The maximum atomic E-state index is 13.2. The lowest BCUT2D eigenvalue weighted by atomic mass is 10.1. The molecule has 0 aliphatic heterocycles. The number of rotatable bonds is 4. The van der Waals surface area contributed by atoms with E-state index in [1.165, 1.54) is 17.0 Å². The van der Waals surface area contributed by atoms with E-state index in [9.17, 15) is 9.18 Å². The second-order valence-electron chi connectivity index (χ2n) is 5.20. The summed E-state index contributed by atoms with van der Waals surface area (Å²) in [6.45, 7) is 1.97. The molecule has 0 heterocycles. The number of carbonyl (C=O) groups excluding carboxylic acids is 1. The second-order valence-corrected chi connectivity index (χ2v) is 5.20. The Labute approximate surface area is 124 Å². The maximum absolute atomic E-state index is 13.2. The molecule has 21 heavy (non-hydrogen) atoms. The number of hydrogen-bond donors (Lipinski definition) is 1. The fourth-order valence-electron chi connectivity index (χ4n) is 2.08. The zero-order chi connectivity index (χ0) is 15.4. The lowest BCUT2D eigenvalue weighted by Gasteiger charge is -2.16. The summed E-state index contributed by atoms with van der Waals surface area (Å²) < 4.78 is 13.2. The number of hydrogen-bond acceptors (Lipinski definition) is 2. The van der Waals surface area contributed by atoms with Gasteiger partial charge in [-0.2, -0.15) is 0 Å². The predicted molar refractivity (Wildman–Crippen MR) is 82.9 cm³/mol. The molecule has 2 aromatic carbocycles. The summed E-state index contributed by atoms with van der Waals surface area (Å²) in [6.07, 6.45) is 0. The molecule has 0 spiro atoms. The van der Waals surface area contributed by atoms with Crippen LogP contribution in [-0.4, -0.2) is 24.9 Å². The molecule has 0 aliphatic carbocycles. The molecule has 1 unspecified atom stereocenters. The Balaban J connectivity index is 2.08. The molecule has 0 aliphatic rings. The Morgan fingerprint density at radius 2 is 1.81 bits per heavy atom. The minimum Gasteiger partial charge on any atom is -0.379 e. The van der Waals surface area contributed by atoms with Crippen molar-refractivity contribution in [2.45, 2.75) is 13.0 Å². The van der Waals surface area contributed by atoms with Crippen molar-refractivity contribution in [1.82, 2.24) is 4.90 Å². The minimum absolute atomic E-state index is 0.0175. The van der Waals surface area contributed by atoms with Crippen molar-refractivity contribution in [3.05, 3.63) is 65.5 Å². The van der Waals surface area contributed by atoms with Crippen LogP contribution in [0, 0.1) is 5.82 Å². The molecule has 0 aromatic heterocycles. The van der Waals surface area contributed by atoms with E-state index in [1.807, 2.05) is 25.1 Å². The summed E-state index contributed by atoms with van der Waals surface area (Å²) >= 11 is 0. The summed E-state index contributed by atoms with van der Waals surface area (Å²) in [4.78, 5) is 13.3. The SMILES string of the molecule is CC(Nc1ccc(C(=O)N(C)C)cc1)c1cccc(F)c1. The molecular weight excluding hydrogens is 267 g/mol. The molecule has 1 atom stereocenters. The first-order chi connectivity index (χ1) is 9.97. The van der Waals surface area contributed by atoms with Crippen molar-refractivity contribution in [3.63, 3.8) is 0 Å². The van der Waals surface area contributed by atoms with Gasteiger partial charge < -0.3 is 10.2 Å². The van der Waals surface area contributed by atoms with E-state index in [2.05, 4.69) is 5.32 Å². The van der Waals surface area contributed by atoms with Gasteiger partial charge in [-0.15, -0.1) is 0 Å². The van der Waals surface area contributed by atoms with Gasteiger partial charge in [0.15, 0.2) is 0 Å². The molecule has 0 saturated heterocycles. The van der Waals surface area contributed by atoms with Crippen molar-refractivity contribution in [3.8, 4) is 0 Å². The molecule has 0 fully saturated rings. The number of halogens is 1. The van der Waals surface area contributed by atoms with Gasteiger partial charge in [0.05, 0.1) is 0 Å². The number of anilines is 1. The topological polar surface area (TPSA) is 32.3 Å². The molecule has 110 valence electrons. The van der Waals surface area contributed by atoms with Crippen LogP contribution in [0.1, 0.15) is 28.9 Å². The van der Waals surface area contributed by atoms with Crippen molar-refractivity contribution in [2.75, 3.05) is 19.4 Å². The van der Waals surface area contributed by atoms with Gasteiger partial charge in [0, 0.05) is 31.4 Å². The fraction of sp³-hybridized carbons (Fsp3) is 0.235. The highest BCUT2D eigenvalue weighted by atomic mass is 19.1. The number of carbonyl (C=O) groups is 1.